The van der Waals surface area contributed by atoms with Crippen molar-refractivity contribution in [1.82, 2.24) is 0 Å². The summed E-state index contributed by atoms with van der Waals surface area (Å²) in [6.45, 7) is 17.8. The molecule has 0 saturated heterocycles. The molecule has 0 spiro atoms. The SMILES string of the molecule is CC(C)(c1ccc(O[Si](C)(C)C)cc1)c1ccccc1O[Si](C)(C)C. The lowest BCUT2D eigenvalue weighted by molar-refractivity contribution is 0.521. The Labute approximate surface area is 155 Å². The molecule has 2 aromatic carbocycles. The molecule has 0 saturated carbocycles. The molecule has 0 heterocycles. The molecule has 2 nitrogen and oxygen atoms in total. The highest BCUT2D eigenvalue weighted by atomic mass is 28.4. The summed E-state index contributed by atoms with van der Waals surface area (Å²) in [5, 5.41) is 0. The van der Waals surface area contributed by atoms with Gasteiger partial charge in [-0.25, -0.2) is 0 Å². The largest absolute Gasteiger partial charge is 0.544 e. The van der Waals surface area contributed by atoms with Crippen LogP contribution in [0.3, 0.4) is 0 Å². The lowest BCUT2D eigenvalue weighted by Gasteiger charge is -2.31. The molecule has 0 aliphatic heterocycles. The number of rotatable bonds is 6. The smallest absolute Gasteiger partial charge is 0.242 e. The van der Waals surface area contributed by atoms with Crippen LogP contribution in [-0.4, -0.2) is 16.6 Å². The highest BCUT2D eigenvalue weighted by Gasteiger charge is 2.28. The van der Waals surface area contributed by atoms with E-state index in [1.165, 1.54) is 11.1 Å². The molecule has 0 atom stereocenters. The summed E-state index contributed by atoms with van der Waals surface area (Å²) in [5.74, 6) is 1.97. The predicted octanol–water partition coefficient (Wildman–Crippen LogP) is 6.44. The molecule has 0 fully saturated rings. The Morgan fingerprint density at radius 3 is 1.72 bits per heavy atom. The van der Waals surface area contributed by atoms with Crippen LogP contribution in [0.5, 0.6) is 11.5 Å². The predicted molar refractivity (Wildman–Crippen MR) is 113 cm³/mol. The van der Waals surface area contributed by atoms with Crippen LogP contribution in [0, 0.1) is 0 Å². The minimum absolute atomic E-state index is 0.131. The Kier molecular flexibility index (Phi) is 5.54. The van der Waals surface area contributed by atoms with Crippen LogP contribution in [0.15, 0.2) is 48.5 Å². The zero-order chi connectivity index (χ0) is 18.9. The maximum absolute atomic E-state index is 6.35. The van der Waals surface area contributed by atoms with Gasteiger partial charge in [0.2, 0.25) is 16.6 Å². The van der Waals surface area contributed by atoms with Crippen LogP contribution in [0.2, 0.25) is 39.3 Å². The van der Waals surface area contributed by atoms with Crippen molar-refractivity contribution in [3.63, 3.8) is 0 Å². The molecular formula is C21H32O2Si2. The van der Waals surface area contributed by atoms with Crippen LogP contribution in [0.1, 0.15) is 25.0 Å². The van der Waals surface area contributed by atoms with E-state index >= 15 is 0 Å². The van der Waals surface area contributed by atoms with Gasteiger partial charge in [-0.1, -0.05) is 44.2 Å². The quantitative estimate of drug-likeness (QED) is 0.543. The van der Waals surface area contributed by atoms with Crippen LogP contribution in [-0.2, 0) is 5.41 Å². The molecule has 0 unspecified atom stereocenters. The van der Waals surface area contributed by atoms with E-state index in [-0.39, 0.29) is 5.41 Å². The summed E-state index contributed by atoms with van der Waals surface area (Å²) in [6.07, 6.45) is 0. The first-order chi connectivity index (χ1) is 11.4. The van der Waals surface area contributed by atoms with E-state index in [1.807, 2.05) is 0 Å². The molecule has 0 radical (unpaired) electrons. The third kappa shape index (κ3) is 5.48. The second kappa shape index (κ2) is 7.00. The Morgan fingerprint density at radius 2 is 1.20 bits per heavy atom. The van der Waals surface area contributed by atoms with Crippen molar-refractivity contribution in [2.24, 2.45) is 0 Å². The minimum Gasteiger partial charge on any atom is -0.544 e. The molecule has 4 heteroatoms. The first-order valence-corrected chi connectivity index (χ1v) is 15.8. The van der Waals surface area contributed by atoms with Gasteiger partial charge in [0.15, 0.2) is 0 Å². The van der Waals surface area contributed by atoms with Gasteiger partial charge in [0, 0.05) is 11.0 Å². The van der Waals surface area contributed by atoms with E-state index in [2.05, 4.69) is 102 Å². The summed E-state index contributed by atoms with van der Waals surface area (Å²) < 4.78 is 12.4. The topological polar surface area (TPSA) is 18.5 Å². The van der Waals surface area contributed by atoms with Crippen molar-refractivity contribution < 1.29 is 8.85 Å². The zero-order valence-electron chi connectivity index (χ0n) is 16.9. The van der Waals surface area contributed by atoms with E-state index in [1.54, 1.807) is 0 Å². The van der Waals surface area contributed by atoms with E-state index in [4.69, 9.17) is 8.85 Å². The van der Waals surface area contributed by atoms with Crippen LogP contribution >= 0.6 is 0 Å². The third-order valence-electron chi connectivity index (χ3n) is 3.98. The molecule has 2 aromatic rings. The van der Waals surface area contributed by atoms with Gasteiger partial charge in [-0.05, 0) is 63.0 Å². The summed E-state index contributed by atoms with van der Waals surface area (Å²) >= 11 is 0. The number of benzene rings is 2. The molecule has 0 aliphatic carbocycles. The van der Waals surface area contributed by atoms with Crippen molar-refractivity contribution in [1.29, 1.82) is 0 Å². The molecular weight excluding hydrogens is 340 g/mol. The fourth-order valence-electron chi connectivity index (χ4n) is 2.85. The second-order valence-corrected chi connectivity index (χ2v) is 17.9. The average molecular weight is 373 g/mol. The van der Waals surface area contributed by atoms with Crippen molar-refractivity contribution in [3.05, 3.63) is 59.7 Å². The van der Waals surface area contributed by atoms with Gasteiger partial charge in [-0.15, -0.1) is 0 Å². The molecule has 2 rings (SSSR count). The Balaban J connectivity index is 2.36. The molecule has 0 N–H and O–H groups in total. The van der Waals surface area contributed by atoms with Crippen LogP contribution in [0.25, 0.3) is 0 Å². The van der Waals surface area contributed by atoms with Gasteiger partial charge < -0.3 is 8.85 Å². The first-order valence-electron chi connectivity index (χ1n) is 8.97. The van der Waals surface area contributed by atoms with Crippen molar-refractivity contribution >= 4 is 16.6 Å². The fraction of sp³-hybridized carbons (Fsp3) is 0.429. The molecule has 0 aromatic heterocycles. The van der Waals surface area contributed by atoms with Gasteiger partial charge in [-0.3, -0.25) is 0 Å². The lowest BCUT2D eigenvalue weighted by Crippen LogP contribution is -2.31. The highest BCUT2D eigenvalue weighted by molar-refractivity contribution is 6.70. The fourth-order valence-corrected chi connectivity index (χ4v) is 4.53. The first kappa shape index (κ1) is 19.8. The number of para-hydroxylation sites is 1. The standard InChI is InChI=1S/C21H32O2Si2/c1-21(2,17-13-15-18(16-14-17)22-24(3,4)5)19-11-9-10-12-20(19)23-25(6,7)8/h9-16H,1-8H3. The Morgan fingerprint density at radius 1 is 0.680 bits per heavy atom. The van der Waals surface area contributed by atoms with Gasteiger partial charge in [-0.2, -0.15) is 0 Å². The van der Waals surface area contributed by atoms with Gasteiger partial charge in [0.05, 0.1) is 0 Å². The summed E-state index contributed by atoms with van der Waals surface area (Å²) in [4.78, 5) is 0. The van der Waals surface area contributed by atoms with Crippen LogP contribution in [0.4, 0.5) is 0 Å². The Bertz CT molecular complexity index is 708. The number of hydrogen-bond acceptors (Lipinski definition) is 2. The monoisotopic (exact) mass is 372 g/mol. The van der Waals surface area contributed by atoms with Crippen LogP contribution < -0.4 is 8.85 Å². The maximum atomic E-state index is 6.35. The molecule has 0 aliphatic rings. The highest BCUT2D eigenvalue weighted by Crippen LogP contribution is 2.38. The number of hydrogen-bond donors (Lipinski definition) is 0. The zero-order valence-corrected chi connectivity index (χ0v) is 18.9. The van der Waals surface area contributed by atoms with E-state index in [0.717, 1.165) is 11.5 Å². The molecule has 25 heavy (non-hydrogen) atoms. The lowest BCUT2D eigenvalue weighted by atomic mass is 9.78. The summed E-state index contributed by atoms with van der Waals surface area (Å²) in [7, 11) is -3.24. The molecule has 0 amide bonds. The van der Waals surface area contributed by atoms with Gasteiger partial charge in [0.25, 0.3) is 0 Å². The second-order valence-electron chi connectivity index (χ2n) is 9.07. The van der Waals surface area contributed by atoms with Crippen molar-refractivity contribution in [2.45, 2.75) is 58.5 Å². The van der Waals surface area contributed by atoms with E-state index in [0.29, 0.717) is 0 Å². The summed E-state index contributed by atoms with van der Waals surface area (Å²) in [6, 6.07) is 17.0. The van der Waals surface area contributed by atoms with Crippen molar-refractivity contribution in [3.8, 4) is 11.5 Å². The molecule has 136 valence electrons. The van der Waals surface area contributed by atoms with E-state index in [9.17, 15) is 0 Å². The molecule has 0 bridgehead atoms. The van der Waals surface area contributed by atoms with E-state index < -0.39 is 16.6 Å². The Hall–Kier alpha value is -1.53. The third-order valence-corrected chi connectivity index (χ3v) is 5.66. The normalized spacial score (nSPS) is 12.8. The minimum atomic E-state index is -1.66. The van der Waals surface area contributed by atoms with Crippen molar-refractivity contribution in [2.75, 3.05) is 0 Å². The van der Waals surface area contributed by atoms with Gasteiger partial charge in [0.1, 0.15) is 11.5 Å². The van der Waals surface area contributed by atoms with Gasteiger partial charge >= 0.3 is 0 Å². The summed E-state index contributed by atoms with van der Waals surface area (Å²) in [5.41, 5.74) is 2.37. The maximum Gasteiger partial charge on any atom is 0.242 e. The average Bonchev–Trinajstić information content (AvgIpc) is 2.45.